The summed E-state index contributed by atoms with van der Waals surface area (Å²) in [5.74, 6) is -0.291. The number of rotatable bonds is 3. The summed E-state index contributed by atoms with van der Waals surface area (Å²) >= 11 is 0. The van der Waals surface area contributed by atoms with E-state index in [9.17, 15) is 9.18 Å². The van der Waals surface area contributed by atoms with Crippen molar-refractivity contribution in [1.82, 2.24) is 4.90 Å². The van der Waals surface area contributed by atoms with Crippen LogP contribution in [0, 0.1) is 5.82 Å². The Balaban J connectivity index is 2.15. The molecule has 1 fully saturated rings. The Hall–Kier alpha value is -1.38. The second-order valence-corrected chi connectivity index (χ2v) is 3.83. The number of hydrogen-bond acceptors (Lipinski definition) is 1. The molecule has 0 radical (unpaired) electrons. The maximum atomic E-state index is 12.7. The Kier molecular flexibility index (Phi) is 2.71. The highest BCUT2D eigenvalue weighted by Crippen LogP contribution is 2.27. The first-order chi connectivity index (χ1) is 7.22. The van der Waals surface area contributed by atoms with Crippen molar-refractivity contribution in [3.05, 3.63) is 35.6 Å². The SMILES string of the molecule is CCN(C(=O)c1ccc(F)cc1)C1CC1. The third kappa shape index (κ3) is 2.17. The zero-order valence-electron chi connectivity index (χ0n) is 8.74. The lowest BCUT2D eigenvalue weighted by atomic mass is 10.2. The molecule has 0 spiro atoms. The fourth-order valence-corrected chi connectivity index (χ4v) is 1.71. The van der Waals surface area contributed by atoms with Crippen LogP contribution in [0.2, 0.25) is 0 Å². The van der Waals surface area contributed by atoms with Gasteiger partial charge in [0.25, 0.3) is 5.91 Å². The van der Waals surface area contributed by atoms with Crippen molar-refractivity contribution >= 4 is 5.91 Å². The monoisotopic (exact) mass is 207 g/mol. The molecule has 1 aliphatic carbocycles. The summed E-state index contributed by atoms with van der Waals surface area (Å²) in [5, 5.41) is 0. The van der Waals surface area contributed by atoms with Crippen LogP contribution in [0.5, 0.6) is 0 Å². The van der Waals surface area contributed by atoms with Crippen LogP contribution in [0.25, 0.3) is 0 Å². The second-order valence-electron chi connectivity index (χ2n) is 3.83. The number of amides is 1. The first-order valence-electron chi connectivity index (χ1n) is 5.29. The molecule has 1 aromatic carbocycles. The minimum Gasteiger partial charge on any atom is -0.336 e. The smallest absolute Gasteiger partial charge is 0.254 e. The van der Waals surface area contributed by atoms with Crippen molar-refractivity contribution in [1.29, 1.82) is 0 Å². The second kappa shape index (κ2) is 4.01. The molecule has 1 saturated carbocycles. The first-order valence-corrected chi connectivity index (χ1v) is 5.29. The summed E-state index contributed by atoms with van der Waals surface area (Å²) in [6.45, 7) is 2.70. The van der Waals surface area contributed by atoms with Gasteiger partial charge in [0.1, 0.15) is 5.82 Å². The quantitative estimate of drug-likeness (QED) is 0.745. The van der Waals surface area contributed by atoms with E-state index in [1.54, 1.807) is 12.1 Å². The van der Waals surface area contributed by atoms with Crippen molar-refractivity contribution in [2.75, 3.05) is 6.54 Å². The van der Waals surface area contributed by atoms with Gasteiger partial charge < -0.3 is 4.90 Å². The van der Waals surface area contributed by atoms with Crippen LogP contribution in [-0.4, -0.2) is 23.4 Å². The minimum absolute atomic E-state index is 0.0139. The van der Waals surface area contributed by atoms with Crippen LogP contribution in [0.15, 0.2) is 24.3 Å². The zero-order valence-corrected chi connectivity index (χ0v) is 8.74. The van der Waals surface area contributed by atoms with Gasteiger partial charge in [-0.1, -0.05) is 0 Å². The van der Waals surface area contributed by atoms with Crippen molar-refractivity contribution in [2.45, 2.75) is 25.8 Å². The molecular formula is C12H14FNO. The summed E-state index contributed by atoms with van der Waals surface area (Å²) in [4.78, 5) is 13.8. The molecule has 1 aromatic rings. The fourth-order valence-electron chi connectivity index (χ4n) is 1.71. The van der Waals surface area contributed by atoms with Crippen molar-refractivity contribution in [3.8, 4) is 0 Å². The highest BCUT2D eigenvalue weighted by atomic mass is 19.1. The molecule has 0 saturated heterocycles. The molecule has 80 valence electrons. The van der Waals surface area contributed by atoms with Gasteiger partial charge in [-0.15, -0.1) is 0 Å². The maximum absolute atomic E-state index is 12.7. The first kappa shape index (κ1) is 10.1. The van der Waals surface area contributed by atoms with Gasteiger partial charge in [0.05, 0.1) is 0 Å². The van der Waals surface area contributed by atoms with Gasteiger partial charge in [-0.05, 0) is 44.0 Å². The van der Waals surface area contributed by atoms with E-state index in [-0.39, 0.29) is 11.7 Å². The summed E-state index contributed by atoms with van der Waals surface area (Å²) in [5.41, 5.74) is 0.574. The minimum atomic E-state index is -0.305. The Morgan fingerprint density at radius 1 is 1.40 bits per heavy atom. The number of carbonyl (C=O) groups is 1. The van der Waals surface area contributed by atoms with Crippen molar-refractivity contribution in [2.24, 2.45) is 0 Å². The molecule has 0 N–H and O–H groups in total. The lowest BCUT2D eigenvalue weighted by Crippen LogP contribution is -2.32. The fraction of sp³-hybridized carbons (Fsp3) is 0.417. The highest BCUT2D eigenvalue weighted by molar-refractivity contribution is 5.94. The molecule has 0 unspecified atom stereocenters. The molecule has 1 amide bonds. The summed E-state index contributed by atoms with van der Waals surface area (Å²) in [6.07, 6.45) is 2.20. The Morgan fingerprint density at radius 3 is 2.47 bits per heavy atom. The zero-order chi connectivity index (χ0) is 10.8. The normalized spacial score (nSPS) is 15.1. The van der Waals surface area contributed by atoms with Gasteiger partial charge in [0.15, 0.2) is 0 Å². The van der Waals surface area contributed by atoms with E-state index in [0.717, 1.165) is 19.4 Å². The molecule has 0 bridgehead atoms. The Bertz CT molecular complexity index is 356. The summed E-state index contributed by atoms with van der Waals surface area (Å²) in [7, 11) is 0. The van der Waals surface area contributed by atoms with Crippen LogP contribution in [0.1, 0.15) is 30.1 Å². The molecular weight excluding hydrogens is 193 g/mol. The molecule has 0 aliphatic heterocycles. The third-order valence-corrected chi connectivity index (χ3v) is 2.68. The topological polar surface area (TPSA) is 20.3 Å². The molecule has 0 heterocycles. The lowest BCUT2D eigenvalue weighted by Gasteiger charge is -2.20. The predicted molar refractivity (Wildman–Crippen MR) is 56.1 cm³/mol. The molecule has 0 aromatic heterocycles. The number of halogens is 1. The molecule has 2 rings (SSSR count). The van der Waals surface area contributed by atoms with Gasteiger partial charge in [-0.2, -0.15) is 0 Å². The Labute approximate surface area is 88.7 Å². The number of hydrogen-bond donors (Lipinski definition) is 0. The van der Waals surface area contributed by atoms with Crippen LogP contribution in [0.3, 0.4) is 0 Å². The van der Waals surface area contributed by atoms with Gasteiger partial charge in [-0.25, -0.2) is 4.39 Å². The van der Waals surface area contributed by atoms with E-state index >= 15 is 0 Å². The predicted octanol–water partition coefficient (Wildman–Crippen LogP) is 2.45. The largest absolute Gasteiger partial charge is 0.336 e. The number of carbonyl (C=O) groups excluding carboxylic acids is 1. The number of nitrogens with zero attached hydrogens (tertiary/aromatic N) is 1. The highest BCUT2D eigenvalue weighted by Gasteiger charge is 2.31. The third-order valence-electron chi connectivity index (χ3n) is 2.68. The summed E-state index contributed by atoms with van der Waals surface area (Å²) < 4.78 is 12.7. The summed E-state index contributed by atoms with van der Waals surface area (Å²) in [6, 6.07) is 6.15. The van der Waals surface area contributed by atoms with E-state index in [1.807, 2.05) is 11.8 Å². The van der Waals surface area contributed by atoms with E-state index in [2.05, 4.69) is 0 Å². The lowest BCUT2D eigenvalue weighted by molar-refractivity contribution is 0.0752. The average molecular weight is 207 g/mol. The van der Waals surface area contributed by atoms with Gasteiger partial charge in [-0.3, -0.25) is 4.79 Å². The molecule has 0 atom stereocenters. The van der Waals surface area contributed by atoms with Crippen LogP contribution >= 0.6 is 0 Å². The standard InChI is InChI=1S/C12H14FNO/c1-2-14(11-7-8-11)12(15)9-3-5-10(13)6-4-9/h3-6,11H,2,7-8H2,1H3. The van der Waals surface area contributed by atoms with Crippen LogP contribution < -0.4 is 0 Å². The van der Waals surface area contributed by atoms with Crippen LogP contribution in [0.4, 0.5) is 4.39 Å². The van der Waals surface area contributed by atoms with Crippen molar-refractivity contribution < 1.29 is 9.18 Å². The number of benzene rings is 1. The Morgan fingerprint density at radius 2 is 2.00 bits per heavy atom. The molecule has 2 nitrogen and oxygen atoms in total. The molecule has 15 heavy (non-hydrogen) atoms. The van der Waals surface area contributed by atoms with E-state index in [4.69, 9.17) is 0 Å². The van der Waals surface area contributed by atoms with Gasteiger partial charge in [0, 0.05) is 18.2 Å². The molecule has 3 heteroatoms. The van der Waals surface area contributed by atoms with Crippen LogP contribution in [-0.2, 0) is 0 Å². The van der Waals surface area contributed by atoms with E-state index in [1.165, 1.54) is 12.1 Å². The van der Waals surface area contributed by atoms with E-state index < -0.39 is 0 Å². The maximum Gasteiger partial charge on any atom is 0.254 e. The average Bonchev–Trinajstić information content (AvgIpc) is 3.04. The van der Waals surface area contributed by atoms with E-state index in [0.29, 0.717) is 11.6 Å². The van der Waals surface area contributed by atoms with Gasteiger partial charge in [0.2, 0.25) is 0 Å². The van der Waals surface area contributed by atoms with Crippen molar-refractivity contribution in [3.63, 3.8) is 0 Å². The van der Waals surface area contributed by atoms with Gasteiger partial charge >= 0.3 is 0 Å². The molecule has 1 aliphatic rings.